The van der Waals surface area contributed by atoms with Gasteiger partial charge in [0.25, 0.3) is 0 Å². The molecule has 2 aromatic carbocycles. The van der Waals surface area contributed by atoms with Crippen LogP contribution in [0.4, 0.5) is 0 Å². The van der Waals surface area contributed by atoms with E-state index in [2.05, 4.69) is 63.3 Å². The summed E-state index contributed by atoms with van der Waals surface area (Å²) in [5.41, 5.74) is 4.23. The first-order chi connectivity index (χ1) is 8.77. The summed E-state index contributed by atoms with van der Waals surface area (Å²) >= 11 is 0. The highest BCUT2D eigenvalue weighted by Gasteiger charge is 2.05. The molecule has 0 spiro atoms. The van der Waals surface area contributed by atoms with E-state index in [1.54, 1.807) is 0 Å². The van der Waals surface area contributed by atoms with Crippen molar-refractivity contribution in [1.82, 2.24) is 0 Å². The molecule has 0 N–H and O–H groups in total. The minimum Gasteiger partial charge on any atom is -0.0870 e. The van der Waals surface area contributed by atoms with Gasteiger partial charge in [0, 0.05) is 0 Å². The van der Waals surface area contributed by atoms with Crippen molar-refractivity contribution in [3.05, 3.63) is 53.1 Å². The molecule has 0 bridgehead atoms. The average Bonchev–Trinajstić information content (AvgIpc) is 2.44. The van der Waals surface area contributed by atoms with Crippen LogP contribution in [0.3, 0.4) is 0 Å². The van der Waals surface area contributed by atoms with Gasteiger partial charge in [0.15, 0.2) is 0 Å². The number of hydrogen-bond donors (Lipinski definition) is 0. The standard InChI is InChI=1S/C16H18.C2H6/c1-4-8-15-12(3)16-10-7-6-9-14(16)11-13(15)5-2;1-2/h4,6-11H,5H2,1-3H3;1-2H3/b8-4-;. The maximum atomic E-state index is 2.32. The molecule has 0 aromatic heterocycles. The minimum absolute atomic E-state index is 1.09. The maximum Gasteiger partial charge on any atom is -0.0149 e. The Bertz CT molecular complexity index is 533. The van der Waals surface area contributed by atoms with Crippen molar-refractivity contribution >= 4 is 16.8 Å². The zero-order chi connectivity index (χ0) is 13.5. The van der Waals surface area contributed by atoms with Crippen molar-refractivity contribution in [1.29, 1.82) is 0 Å². The molecule has 0 heterocycles. The Morgan fingerprint density at radius 2 is 1.78 bits per heavy atom. The number of hydrogen-bond acceptors (Lipinski definition) is 0. The predicted molar refractivity (Wildman–Crippen MR) is 84.1 cm³/mol. The van der Waals surface area contributed by atoms with E-state index in [1.807, 2.05) is 13.8 Å². The monoisotopic (exact) mass is 240 g/mol. The quantitative estimate of drug-likeness (QED) is 0.625. The molecule has 0 aliphatic heterocycles. The molecule has 2 aromatic rings. The Labute approximate surface area is 111 Å². The van der Waals surface area contributed by atoms with Gasteiger partial charge in [-0.15, -0.1) is 0 Å². The number of aryl methyl sites for hydroxylation is 2. The van der Waals surface area contributed by atoms with E-state index in [0.717, 1.165) is 6.42 Å². The third-order valence-electron chi connectivity index (χ3n) is 3.16. The molecule has 18 heavy (non-hydrogen) atoms. The molecule has 2 rings (SSSR count). The summed E-state index contributed by atoms with van der Waals surface area (Å²) in [7, 11) is 0. The lowest BCUT2D eigenvalue weighted by atomic mass is 9.93. The SMILES string of the molecule is C/C=C\c1c(CC)cc2ccccc2c1C.CC. The number of allylic oxidation sites excluding steroid dienone is 1. The third-order valence-corrected chi connectivity index (χ3v) is 3.16. The summed E-state index contributed by atoms with van der Waals surface area (Å²) in [6, 6.07) is 10.9. The lowest BCUT2D eigenvalue weighted by Gasteiger charge is -2.11. The largest absolute Gasteiger partial charge is 0.0870 e. The number of rotatable bonds is 2. The molecular weight excluding hydrogens is 216 g/mol. The van der Waals surface area contributed by atoms with E-state index in [1.165, 1.54) is 27.5 Å². The Morgan fingerprint density at radius 3 is 2.39 bits per heavy atom. The second-order valence-corrected chi connectivity index (χ2v) is 4.15. The molecule has 0 nitrogen and oxygen atoms in total. The van der Waals surface area contributed by atoms with E-state index < -0.39 is 0 Å². The van der Waals surface area contributed by atoms with Crippen LogP contribution in [0.5, 0.6) is 0 Å². The lowest BCUT2D eigenvalue weighted by molar-refractivity contribution is 1.13. The van der Waals surface area contributed by atoms with Crippen LogP contribution in [0.1, 0.15) is 44.4 Å². The zero-order valence-electron chi connectivity index (χ0n) is 12.2. The summed E-state index contributed by atoms with van der Waals surface area (Å²) in [5.74, 6) is 0. The molecule has 0 saturated carbocycles. The van der Waals surface area contributed by atoms with Crippen molar-refractivity contribution in [2.75, 3.05) is 0 Å². The Balaban J connectivity index is 0.000000771. The fourth-order valence-electron chi connectivity index (χ4n) is 2.31. The molecule has 0 saturated heterocycles. The van der Waals surface area contributed by atoms with Gasteiger partial charge >= 0.3 is 0 Å². The topological polar surface area (TPSA) is 0 Å². The second-order valence-electron chi connectivity index (χ2n) is 4.15. The summed E-state index contributed by atoms with van der Waals surface area (Å²) in [4.78, 5) is 0. The van der Waals surface area contributed by atoms with E-state index in [0.29, 0.717) is 0 Å². The summed E-state index contributed by atoms with van der Waals surface area (Å²) < 4.78 is 0. The van der Waals surface area contributed by atoms with Crippen molar-refractivity contribution in [2.45, 2.75) is 41.0 Å². The first-order valence-corrected chi connectivity index (χ1v) is 6.91. The van der Waals surface area contributed by atoms with Crippen LogP contribution in [0.25, 0.3) is 16.8 Å². The van der Waals surface area contributed by atoms with Crippen LogP contribution in [0.15, 0.2) is 36.4 Å². The van der Waals surface area contributed by atoms with Gasteiger partial charge in [0.2, 0.25) is 0 Å². The van der Waals surface area contributed by atoms with Gasteiger partial charge in [0.05, 0.1) is 0 Å². The van der Waals surface area contributed by atoms with Crippen LogP contribution in [-0.2, 0) is 6.42 Å². The summed E-state index contributed by atoms with van der Waals surface area (Å²) in [6.07, 6.45) is 5.43. The highest BCUT2D eigenvalue weighted by atomic mass is 14.1. The highest BCUT2D eigenvalue weighted by molar-refractivity contribution is 5.89. The smallest absolute Gasteiger partial charge is 0.0149 e. The third kappa shape index (κ3) is 2.81. The lowest BCUT2D eigenvalue weighted by Crippen LogP contribution is -1.92. The molecule has 0 heteroatoms. The number of fused-ring (bicyclic) bond motifs is 1. The van der Waals surface area contributed by atoms with Gasteiger partial charge in [-0.3, -0.25) is 0 Å². The van der Waals surface area contributed by atoms with Crippen LogP contribution in [-0.4, -0.2) is 0 Å². The van der Waals surface area contributed by atoms with Gasteiger partial charge in [-0.25, -0.2) is 0 Å². The van der Waals surface area contributed by atoms with Crippen LogP contribution < -0.4 is 0 Å². The molecule has 0 aliphatic rings. The fraction of sp³-hybridized carbons (Fsp3) is 0.333. The molecular formula is C18H24. The number of benzene rings is 2. The van der Waals surface area contributed by atoms with Gasteiger partial charge in [-0.05, 0) is 47.7 Å². The van der Waals surface area contributed by atoms with E-state index in [9.17, 15) is 0 Å². The fourth-order valence-corrected chi connectivity index (χ4v) is 2.31. The van der Waals surface area contributed by atoms with Gasteiger partial charge in [-0.2, -0.15) is 0 Å². The van der Waals surface area contributed by atoms with Gasteiger partial charge in [0.1, 0.15) is 0 Å². The minimum atomic E-state index is 1.09. The van der Waals surface area contributed by atoms with Crippen LogP contribution in [0, 0.1) is 6.92 Å². The zero-order valence-corrected chi connectivity index (χ0v) is 12.2. The van der Waals surface area contributed by atoms with Crippen molar-refractivity contribution < 1.29 is 0 Å². The average molecular weight is 240 g/mol. The highest BCUT2D eigenvalue weighted by Crippen LogP contribution is 2.26. The van der Waals surface area contributed by atoms with Gasteiger partial charge < -0.3 is 0 Å². The normalized spacial score (nSPS) is 10.5. The maximum absolute atomic E-state index is 2.32. The summed E-state index contributed by atoms with van der Waals surface area (Å²) in [6.45, 7) is 10.5. The molecule has 0 radical (unpaired) electrons. The van der Waals surface area contributed by atoms with Crippen molar-refractivity contribution in [3.8, 4) is 0 Å². The Hall–Kier alpha value is -1.56. The summed E-state index contributed by atoms with van der Waals surface area (Å²) in [5, 5.41) is 2.72. The molecule has 0 atom stereocenters. The van der Waals surface area contributed by atoms with E-state index in [-0.39, 0.29) is 0 Å². The molecule has 96 valence electrons. The molecule has 0 amide bonds. The molecule has 0 aliphatic carbocycles. The van der Waals surface area contributed by atoms with Crippen molar-refractivity contribution in [3.63, 3.8) is 0 Å². The van der Waals surface area contributed by atoms with Crippen molar-refractivity contribution in [2.24, 2.45) is 0 Å². The Morgan fingerprint density at radius 1 is 1.11 bits per heavy atom. The predicted octanol–water partition coefficient (Wildman–Crippen LogP) is 5.77. The van der Waals surface area contributed by atoms with Crippen LogP contribution >= 0.6 is 0 Å². The van der Waals surface area contributed by atoms with E-state index in [4.69, 9.17) is 0 Å². The molecule has 0 unspecified atom stereocenters. The first-order valence-electron chi connectivity index (χ1n) is 6.91. The Kier molecular flexibility index (Phi) is 5.64. The first kappa shape index (κ1) is 14.5. The second kappa shape index (κ2) is 7.00. The van der Waals surface area contributed by atoms with Crippen LogP contribution in [0.2, 0.25) is 0 Å². The molecule has 0 fully saturated rings. The van der Waals surface area contributed by atoms with E-state index >= 15 is 0 Å². The van der Waals surface area contributed by atoms with Gasteiger partial charge in [-0.1, -0.05) is 63.3 Å².